The van der Waals surface area contributed by atoms with Crippen LogP contribution in [0.4, 0.5) is 5.13 Å². The summed E-state index contributed by atoms with van der Waals surface area (Å²) in [5, 5.41) is 12.5. The normalized spacial score (nSPS) is 18.6. The molecule has 0 spiro atoms. The maximum Gasteiger partial charge on any atom is 0.238 e. The predicted molar refractivity (Wildman–Crippen MR) is 97.6 cm³/mol. The number of nitrogens with zero attached hydrogens (tertiary/aromatic N) is 3. The van der Waals surface area contributed by atoms with Gasteiger partial charge in [0, 0.05) is 19.1 Å². The molecule has 2 fully saturated rings. The van der Waals surface area contributed by atoms with Crippen molar-refractivity contribution < 1.29 is 4.79 Å². The van der Waals surface area contributed by atoms with Crippen LogP contribution in [0.5, 0.6) is 0 Å². The molecule has 1 aliphatic heterocycles. The molecule has 1 aromatic heterocycles. The van der Waals surface area contributed by atoms with Crippen molar-refractivity contribution in [2.45, 2.75) is 41.3 Å². The molecule has 4 rings (SSSR count). The van der Waals surface area contributed by atoms with Crippen molar-refractivity contribution in [1.82, 2.24) is 15.5 Å². The summed E-state index contributed by atoms with van der Waals surface area (Å²) in [4.78, 5) is 15.0. The molecule has 1 N–H and O–H groups in total. The molecule has 5 nitrogen and oxygen atoms in total. The van der Waals surface area contributed by atoms with Gasteiger partial charge in [-0.3, -0.25) is 4.79 Å². The number of nitrogens with one attached hydrogen (secondary N) is 1. The molecule has 2 aromatic rings. The van der Waals surface area contributed by atoms with Crippen molar-refractivity contribution in [2.75, 3.05) is 18.0 Å². The predicted octanol–water partition coefficient (Wildman–Crippen LogP) is 3.25. The first-order valence-electron chi connectivity index (χ1n) is 8.40. The van der Waals surface area contributed by atoms with E-state index in [-0.39, 0.29) is 11.2 Å². The van der Waals surface area contributed by atoms with Crippen LogP contribution in [0, 0.1) is 0 Å². The molecule has 0 bridgehead atoms. The van der Waals surface area contributed by atoms with Gasteiger partial charge in [0.15, 0.2) is 4.34 Å². The topological polar surface area (TPSA) is 58.1 Å². The highest BCUT2D eigenvalue weighted by Gasteiger charge is 2.30. The molecular weight excluding hydrogens is 340 g/mol. The van der Waals surface area contributed by atoms with Gasteiger partial charge >= 0.3 is 0 Å². The fourth-order valence-corrected chi connectivity index (χ4v) is 4.89. The lowest BCUT2D eigenvalue weighted by Gasteiger charge is -2.15. The van der Waals surface area contributed by atoms with Crippen LogP contribution in [-0.2, 0) is 4.79 Å². The van der Waals surface area contributed by atoms with Crippen molar-refractivity contribution >= 4 is 34.1 Å². The van der Waals surface area contributed by atoms with Crippen LogP contribution in [0.25, 0.3) is 0 Å². The van der Waals surface area contributed by atoms with E-state index in [1.165, 1.54) is 24.6 Å². The molecule has 1 saturated carbocycles. The SMILES string of the molecule is O=C(NC1CC1)C(Sc1nnc(N2CCCC2)s1)c1ccccc1. The minimum Gasteiger partial charge on any atom is -0.352 e. The van der Waals surface area contributed by atoms with E-state index in [0.717, 1.165) is 41.0 Å². The van der Waals surface area contributed by atoms with Gasteiger partial charge in [-0.05, 0) is 31.2 Å². The highest BCUT2D eigenvalue weighted by atomic mass is 32.2. The molecule has 1 unspecified atom stereocenters. The average Bonchev–Trinajstić information content (AvgIpc) is 3.08. The Morgan fingerprint density at radius 2 is 1.96 bits per heavy atom. The van der Waals surface area contributed by atoms with Crippen LogP contribution >= 0.6 is 23.1 Å². The Bertz CT molecular complexity index is 696. The minimum atomic E-state index is -0.272. The van der Waals surface area contributed by atoms with Gasteiger partial charge in [-0.15, -0.1) is 10.2 Å². The van der Waals surface area contributed by atoms with Gasteiger partial charge < -0.3 is 10.2 Å². The van der Waals surface area contributed by atoms with Crippen molar-refractivity contribution in [1.29, 1.82) is 0 Å². The van der Waals surface area contributed by atoms with Gasteiger partial charge in [-0.2, -0.15) is 0 Å². The molecule has 1 saturated heterocycles. The Kier molecular flexibility index (Phi) is 4.71. The second-order valence-electron chi connectivity index (χ2n) is 6.24. The summed E-state index contributed by atoms with van der Waals surface area (Å²) in [6, 6.07) is 10.3. The number of benzene rings is 1. The molecule has 1 aromatic carbocycles. The Balaban J connectivity index is 1.51. The van der Waals surface area contributed by atoms with Gasteiger partial charge in [0.2, 0.25) is 11.0 Å². The summed E-state index contributed by atoms with van der Waals surface area (Å²) < 4.78 is 0.858. The Morgan fingerprint density at radius 1 is 1.21 bits per heavy atom. The molecular formula is C17H20N4OS2. The quantitative estimate of drug-likeness (QED) is 0.802. The Morgan fingerprint density at radius 3 is 2.67 bits per heavy atom. The monoisotopic (exact) mass is 360 g/mol. The number of aromatic nitrogens is 2. The highest BCUT2D eigenvalue weighted by molar-refractivity contribution is 8.01. The van der Waals surface area contributed by atoms with E-state index in [9.17, 15) is 4.79 Å². The molecule has 2 heterocycles. The van der Waals surface area contributed by atoms with Crippen molar-refractivity contribution in [3.05, 3.63) is 35.9 Å². The molecule has 2 aliphatic rings. The Labute approximate surface area is 149 Å². The second kappa shape index (κ2) is 7.11. The van der Waals surface area contributed by atoms with E-state index < -0.39 is 0 Å². The van der Waals surface area contributed by atoms with E-state index in [0.29, 0.717) is 6.04 Å². The number of hydrogen-bond donors (Lipinski definition) is 1. The van der Waals surface area contributed by atoms with Crippen LogP contribution in [-0.4, -0.2) is 35.2 Å². The molecule has 7 heteroatoms. The molecule has 1 atom stereocenters. The fraction of sp³-hybridized carbons (Fsp3) is 0.471. The van der Waals surface area contributed by atoms with Gasteiger partial charge in [-0.25, -0.2) is 0 Å². The third kappa shape index (κ3) is 3.72. The van der Waals surface area contributed by atoms with Crippen molar-refractivity contribution in [3.63, 3.8) is 0 Å². The lowest BCUT2D eigenvalue weighted by atomic mass is 10.1. The van der Waals surface area contributed by atoms with Gasteiger partial charge in [0.25, 0.3) is 0 Å². The smallest absolute Gasteiger partial charge is 0.238 e. The van der Waals surface area contributed by atoms with Crippen molar-refractivity contribution in [3.8, 4) is 0 Å². The van der Waals surface area contributed by atoms with E-state index in [1.807, 2.05) is 30.3 Å². The summed E-state index contributed by atoms with van der Waals surface area (Å²) >= 11 is 3.10. The standard InChI is InChI=1S/C17H20N4OS2/c22-15(18-13-8-9-13)14(12-6-2-1-3-7-12)23-17-20-19-16(24-17)21-10-4-5-11-21/h1-3,6-7,13-14H,4-5,8-11H2,(H,18,22). The van der Waals surface area contributed by atoms with Crippen LogP contribution in [0.15, 0.2) is 34.7 Å². The summed E-state index contributed by atoms with van der Waals surface area (Å²) in [6.07, 6.45) is 4.63. The zero-order valence-corrected chi connectivity index (χ0v) is 15.0. The lowest BCUT2D eigenvalue weighted by Crippen LogP contribution is -2.29. The highest BCUT2D eigenvalue weighted by Crippen LogP contribution is 2.39. The number of carbonyl (C=O) groups excluding carboxylic acids is 1. The van der Waals surface area contributed by atoms with Gasteiger partial charge in [0.1, 0.15) is 5.25 Å². The lowest BCUT2D eigenvalue weighted by molar-refractivity contribution is -0.120. The zero-order chi connectivity index (χ0) is 16.4. The van der Waals surface area contributed by atoms with Gasteiger partial charge in [-0.1, -0.05) is 53.4 Å². The number of hydrogen-bond acceptors (Lipinski definition) is 6. The first-order valence-corrected chi connectivity index (χ1v) is 10.1. The fourth-order valence-electron chi connectivity index (χ4n) is 2.79. The van der Waals surface area contributed by atoms with Crippen molar-refractivity contribution in [2.24, 2.45) is 0 Å². The summed E-state index contributed by atoms with van der Waals surface area (Å²) in [5.74, 6) is 0.0756. The average molecular weight is 361 g/mol. The maximum absolute atomic E-state index is 12.7. The number of carbonyl (C=O) groups is 1. The Hall–Kier alpha value is -1.60. The third-order valence-corrected chi connectivity index (χ3v) is 6.58. The maximum atomic E-state index is 12.7. The molecule has 24 heavy (non-hydrogen) atoms. The van der Waals surface area contributed by atoms with Crippen LogP contribution in [0.3, 0.4) is 0 Å². The first kappa shape index (κ1) is 15.9. The number of anilines is 1. The number of rotatable bonds is 6. The summed E-state index contributed by atoms with van der Waals surface area (Å²) in [5.41, 5.74) is 1.01. The minimum absolute atomic E-state index is 0.0756. The van der Waals surface area contributed by atoms with Gasteiger partial charge in [0.05, 0.1) is 0 Å². The second-order valence-corrected chi connectivity index (χ2v) is 8.54. The van der Waals surface area contributed by atoms with E-state index in [1.54, 1.807) is 11.3 Å². The van der Waals surface area contributed by atoms with Crippen LogP contribution in [0.1, 0.15) is 36.5 Å². The first-order chi connectivity index (χ1) is 11.8. The summed E-state index contributed by atoms with van der Waals surface area (Å²) in [7, 11) is 0. The van der Waals surface area contributed by atoms with Crippen LogP contribution < -0.4 is 10.2 Å². The van der Waals surface area contributed by atoms with E-state index in [2.05, 4.69) is 20.4 Å². The van der Waals surface area contributed by atoms with E-state index >= 15 is 0 Å². The van der Waals surface area contributed by atoms with Crippen LogP contribution in [0.2, 0.25) is 0 Å². The molecule has 0 radical (unpaired) electrons. The summed E-state index contributed by atoms with van der Waals surface area (Å²) in [6.45, 7) is 2.12. The molecule has 1 aliphatic carbocycles. The molecule has 1 amide bonds. The third-order valence-electron chi connectivity index (χ3n) is 4.26. The number of thioether (sulfide) groups is 1. The number of amides is 1. The molecule has 126 valence electrons. The van der Waals surface area contributed by atoms with E-state index in [4.69, 9.17) is 0 Å². The zero-order valence-electron chi connectivity index (χ0n) is 13.4. The largest absolute Gasteiger partial charge is 0.352 e.